The van der Waals surface area contributed by atoms with E-state index in [-0.39, 0.29) is 16.9 Å². The Hall–Kier alpha value is -3.69. The molecule has 0 spiro atoms. The fourth-order valence-corrected chi connectivity index (χ4v) is 2.48. The third-order valence-corrected chi connectivity index (χ3v) is 3.89. The van der Waals surface area contributed by atoms with Gasteiger partial charge in [0.05, 0.1) is 11.0 Å². The van der Waals surface area contributed by atoms with Crippen molar-refractivity contribution < 1.29 is 18.5 Å². The fraction of sp³-hybridized carbons (Fsp3) is 0.118. The number of halogens is 2. The zero-order valence-electron chi connectivity index (χ0n) is 14.0. The average molecular weight is 373 g/mol. The molecule has 0 saturated carbocycles. The largest absolute Gasteiger partial charge is 0.346 e. The number of carbonyl (C=O) groups is 1. The van der Waals surface area contributed by atoms with Crippen LogP contribution in [-0.2, 0) is 0 Å². The quantitative estimate of drug-likeness (QED) is 0.547. The van der Waals surface area contributed by atoms with Crippen LogP contribution < -0.4 is 5.32 Å². The monoisotopic (exact) mass is 373 g/mol. The Kier molecular flexibility index (Phi) is 4.88. The molecule has 1 aromatic heterocycles. The van der Waals surface area contributed by atoms with Gasteiger partial charge in [-0.05, 0) is 36.8 Å². The Morgan fingerprint density at radius 2 is 2.00 bits per heavy atom. The molecule has 138 valence electrons. The van der Waals surface area contributed by atoms with Crippen molar-refractivity contribution in [1.29, 1.82) is 0 Å². The maximum absolute atomic E-state index is 13.3. The lowest BCUT2D eigenvalue weighted by Gasteiger charge is -2.15. The standard InChI is InChI=1S/C17H13F2N5O3/c1-10(11-2-4-13(18)14(19)6-11)22-17(25)12-3-5-15(16(7-12)24(26)27)23-9-20-8-21-23/h2-10H,1H3,(H,22,25). The number of hydrogen-bond acceptors (Lipinski definition) is 5. The van der Waals surface area contributed by atoms with Gasteiger partial charge in [-0.15, -0.1) is 0 Å². The summed E-state index contributed by atoms with van der Waals surface area (Å²) in [6.45, 7) is 1.59. The van der Waals surface area contributed by atoms with Crippen molar-refractivity contribution in [3.8, 4) is 5.69 Å². The van der Waals surface area contributed by atoms with Crippen molar-refractivity contribution >= 4 is 11.6 Å². The Morgan fingerprint density at radius 1 is 1.22 bits per heavy atom. The Morgan fingerprint density at radius 3 is 2.63 bits per heavy atom. The van der Waals surface area contributed by atoms with Crippen molar-refractivity contribution in [2.75, 3.05) is 0 Å². The van der Waals surface area contributed by atoms with E-state index in [1.165, 1.54) is 35.5 Å². The maximum atomic E-state index is 13.3. The third kappa shape index (κ3) is 3.78. The Balaban J connectivity index is 1.85. The van der Waals surface area contributed by atoms with Gasteiger partial charge in [0.25, 0.3) is 11.6 Å². The summed E-state index contributed by atoms with van der Waals surface area (Å²) in [7, 11) is 0. The molecule has 2 aromatic carbocycles. The lowest BCUT2D eigenvalue weighted by molar-refractivity contribution is -0.384. The molecule has 0 bridgehead atoms. The first-order valence-electron chi connectivity index (χ1n) is 7.76. The number of benzene rings is 2. The van der Waals surface area contributed by atoms with E-state index in [1.54, 1.807) is 6.92 Å². The van der Waals surface area contributed by atoms with Gasteiger partial charge in [-0.3, -0.25) is 14.9 Å². The summed E-state index contributed by atoms with van der Waals surface area (Å²) in [4.78, 5) is 26.9. The van der Waals surface area contributed by atoms with Crippen LogP contribution in [0, 0.1) is 21.7 Å². The first-order chi connectivity index (χ1) is 12.9. The molecule has 0 aliphatic rings. The second-order valence-electron chi connectivity index (χ2n) is 5.67. The highest BCUT2D eigenvalue weighted by atomic mass is 19.2. The second-order valence-corrected chi connectivity index (χ2v) is 5.67. The molecule has 10 heteroatoms. The van der Waals surface area contributed by atoms with Gasteiger partial charge in [-0.1, -0.05) is 6.07 Å². The van der Waals surface area contributed by atoms with Gasteiger partial charge in [-0.25, -0.2) is 18.4 Å². The van der Waals surface area contributed by atoms with Gasteiger partial charge in [0.1, 0.15) is 18.3 Å². The summed E-state index contributed by atoms with van der Waals surface area (Å²) in [6, 6.07) is 6.55. The van der Waals surface area contributed by atoms with Crippen molar-refractivity contribution in [3.05, 3.63) is 81.9 Å². The summed E-state index contributed by atoms with van der Waals surface area (Å²) >= 11 is 0. The minimum Gasteiger partial charge on any atom is -0.346 e. The Bertz CT molecular complexity index is 1010. The summed E-state index contributed by atoms with van der Waals surface area (Å²) in [6.07, 6.45) is 2.53. The van der Waals surface area contributed by atoms with Crippen LogP contribution in [0.1, 0.15) is 28.9 Å². The first kappa shape index (κ1) is 18.1. The molecule has 0 radical (unpaired) electrons. The van der Waals surface area contributed by atoms with Crippen molar-refractivity contribution in [2.45, 2.75) is 13.0 Å². The number of nitrogens with zero attached hydrogens (tertiary/aromatic N) is 4. The molecule has 27 heavy (non-hydrogen) atoms. The molecule has 1 atom stereocenters. The lowest BCUT2D eigenvalue weighted by atomic mass is 10.1. The van der Waals surface area contributed by atoms with Gasteiger partial charge in [0.2, 0.25) is 0 Å². The predicted octanol–water partition coefficient (Wildman–Crippen LogP) is 2.94. The molecule has 3 aromatic rings. The minimum absolute atomic E-state index is 0.0417. The van der Waals surface area contributed by atoms with E-state index >= 15 is 0 Å². The number of hydrogen-bond donors (Lipinski definition) is 1. The SMILES string of the molecule is CC(NC(=O)c1ccc(-n2cncn2)c([N+](=O)[O-])c1)c1ccc(F)c(F)c1. The van der Waals surface area contributed by atoms with Crippen molar-refractivity contribution in [2.24, 2.45) is 0 Å². The lowest BCUT2D eigenvalue weighted by Crippen LogP contribution is -2.27. The topological polar surface area (TPSA) is 103 Å². The molecule has 8 nitrogen and oxygen atoms in total. The second kappa shape index (κ2) is 7.28. The van der Waals surface area contributed by atoms with E-state index in [0.29, 0.717) is 5.56 Å². The highest BCUT2D eigenvalue weighted by Gasteiger charge is 2.20. The van der Waals surface area contributed by atoms with E-state index in [1.807, 2.05) is 0 Å². The van der Waals surface area contributed by atoms with Crippen LogP contribution in [0.25, 0.3) is 5.69 Å². The normalized spacial score (nSPS) is 11.8. The molecule has 0 aliphatic heterocycles. The molecule has 0 aliphatic carbocycles. The van der Waals surface area contributed by atoms with E-state index in [9.17, 15) is 23.7 Å². The summed E-state index contributed by atoms with van der Waals surface area (Å²) in [5.74, 6) is -2.61. The molecular weight excluding hydrogens is 360 g/mol. The number of nitro benzene ring substituents is 1. The molecule has 1 amide bonds. The van der Waals surface area contributed by atoms with Crippen LogP contribution in [0.3, 0.4) is 0 Å². The van der Waals surface area contributed by atoms with Crippen molar-refractivity contribution in [1.82, 2.24) is 20.1 Å². The van der Waals surface area contributed by atoms with Gasteiger partial charge in [0.15, 0.2) is 11.6 Å². The summed E-state index contributed by atoms with van der Waals surface area (Å²) in [5, 5.41) is 17.8. The molecule has 1 heterocycles. The fourth-order valence-electron chi connectivity index (χ4n) is 2.48. The number of carbonyl (C=O) groups excluding carboxylic acids is 1. The van der Waals surface area contributed by atoms with Crippen LogP contribution in [0.2, 0.25) is 0 Å². The molecular formula is C17H13F2N5O3. The van der Waals surface area contributed by atoms with Crippen LogP contribution in [0.5, 0.6) is 0 Å². The molecule has 0 fully saturated rings. The third-order valence-electron chi connectivity index (χ3n) is 3.89. The zero-order chi connectivity index (χ0) is 19.6. The van der Waals surface area contributed by atoms with E-state index < -0.39 is 28.5 Å². The van der Waals surface area contributed by atoms with Crippen LogP contribution in [0.4, 0.5) is 14.5 Å². The smallest absolute Gasteiger partial charge is 0.295 e. The minimum atomic E-state index is -1.03. The molecule has 1 unspecified atom stereocenters. The van der Waals surface area contributed by atoms with Gasteiger partial charge < -0.3 is 5.32 Å². The highest BCUT2D eigenvalue weighted by Crippen LogP contribution is 2.24. The van der Waals surface area contributed by atoms with Gasteiger partial charge >= 0.3 is 0 Å². The molecule has 0 saturated heterocycles. The molecule has 3 rings (SSSR count). The number of amides is 1. The highest BCUT2D eigenvalue weighted by molar-refractivity contribution is 5.95. The van der Waals surface area contributed by atoms with E-state index in [4.69, 9.17) is 0 Å². The van der Waals surface area contributed by atoms with Crippen LogP contribution in [-0.4, -0.2) is 25.6 Å². The maximum Gasteiger partial charge on any atom is 0.295 e. The zero-order valence-corrected chi connectivity index (χ0v) is 14.0. The van der Waals surface area contributed by atoms with E-state index in [2.05, 4.69) is 15.4 Å². The first-order valence-corrected chi connectivity index (χ1v) is 7.76. The number of nitrogens with one attached hydrogen (secondary N) is 1. The summed E-state index contributed by atoms with van der Waals surface area (Å²) in [5.41, 5.74) is 0.229. The van der Waals surface area contributed by atoms with Crippen molar-refractivity contribution in [3.63, 3.8) is 0 Å². The number of aromatic nitrogens is 3. The van der Waals surface area contributed by atoms with Crippen LogP contribution >= 0.6 is 0 Å². The predicted molar refractivity (Wildman–Crippen MR) is 90.3 cm³/mol. The average Bonchev–Trinajstić information content (AvgIpc) is 3.17. The summed E-state index contributed by atoms with van der Waals surface area (Å²) < 4.78 is 27.6. The van der Waals surface area contributed by atoms with Gasteiger partial charge in [0, 0.05) is 11.6 Å². The number of nitro groups is 1. The molecule has 1 N–H and O–H groups in total. The van der Waals surface area contributed by atoms with Crippen LogP contribution in [0.15, 0.2) is 49.1 Å². The Labute approximate surface area is 151 Å². The van der Waals surface area contributed by atoms with E-state index in [0.717, 1.165) is 18.2 Å². The number of rotatable bonds is 5. The van der Waals surface area contributed by atoms with Gasteiger partial charge in [-0.2, -0.15) is 5.10 Å².